The Balaban J connectivity index is 2.82. The highest BCUT2D eigenvalue weighted by Gasteiger charge is 2.15. The third-order valence-electron chi connectivity index (χ3n) is 3.81. The maximum absolute atomic E-state index is 14.6. The largest absolute Gasteiger partial charge is 0.387 e. The van der Waals surface area contributed by atoms with Crippen LogP contribution in [0, 0.1) is 11.6 Å². The molecule has 2 aromatic rings. The number of anilines is 1. The monoisotopic (exact) mass is 329 g/mol. The van der Waals surface area contributed by atoms with Gasteiger partial charge in [0.1, 0.15) is 5.82 Å². The van der Waals surface area contributed by atoms with Crippen molar-refractivity contribution in [3.05, 3.63) is 51.9 Å². The Morgan fingerprint density at radius 3 is 2.62 bits per heavy atom. The van der Waals surface area contributed by atoms with Crippen molar-refractivity contribution in [2.24, 2.45) is 10.7 Å². The van der Waals surface area contributed by atoms with Crippen molar-refractivity contribution in [1.29, 1.82) is 0 Å². The van der Waals surface area contributed by atoms with Crippen LogP contribution in [0.5, 0.6) is 0 Å². The Labute approximate surface area is 140 Å². The molecule has 3 N–H and O–H groups in total. The number of hydrogen-bond acceptors (Lipinski definition) is 2. The Kier molecular flexibility index (Phi) is 5.34. The molecule has 3 nitrogen and oxygen atoms in total. The summed E-state index contributed by atoms with van der Waals surface area (Å²) in [5, 5.41) is 4.19. The molecule has 24 heavy (non-hydrogen) atoms. The van der Waals surface area contributed by atoms with Crippen molar-refractivity contribution in [2.45, 2.75) is 20.3 Å². The quantitative estimate of drug-likeness (QED) is 0.669. The van der Waals surface area contributed by atoms with Crippen LogP contribution in [0.4, 0.5) is 14.5 Å². The SMILES string of the molecule is C=c1c(CC)cc(-c2c(F)ccc(NC)c2F)c/c1=C/N=C(C)N. The average molecular weight is 329 g/mol. The molecule has 0 unspecified atom stereocenters. The van der Waals surface area contributed by atoms with Gasteiger partial charge in [0.15, 0.2) is 5.82 Å². The predicted molar refractivity (Wildman–Crippen MR) is 97.3 cm³/mol. The smallest absolute Gasteiger partial charge is 0.157 e. The molecule has 0 amide bonds. The molecule has 0 saturated heterocycles. The van der Waals surface area contributed by atoms with Gasteiger partial charge < -0.3 is 11.1 Å². The Bertz CT molecular complexity index is 898. The van der Waals surface area contributed by atoms with E-state index in [0.29, 0.717) is 23.0 Å². The molecule has 126 valence electrons. The Morgan fingerprint density at radius 2 is 2.04 bits per heavy atom. The van der Waals surface area contributed by atoms with Crippen LogP contribution in [0.15, 0.2) is 29.3 Å². The first-order valence-electron chi connectivity index (χ1n) is 7.67. The number of hydrogen-bond donors (Lipinski definition) is 2. The average Bonchev–Trinajstić information content (AvgIpc) is 2.54. The molecule has 0 spiro atoms. The summed E-state index contributed by atoms with van der Waals surface area (Å²) in [6.45, 7) is 7.67. The molecule has 0 aliphatic rings. The fourth-order valence-corrected chi connectivity index (χ4v) is 2.51. The fraction of sp³-hybridized carbons (Fsp3) is 0.211. The lowest BCUT2D eigenvalue weighted by Crippen LogP contribution is -2.27. The van der Waals surface area contributed by atoms with Gasteiger partial charge in [0, 0.05) is 18.5 Å². The zero-order valence-corrected chi connectivity index (χ0v) is 14.1. The number of nitrogens with zero attached hydrogens (tertiary/aromatic N) is 1. The van der Waals surface area contributed by atoms with E-state index in [-0.39, 0.29) is 11.3 Å². The van der Waals surface area contributed by atoms with Crippen molar-refractivity contribution in [3.8, 4) is 11.1 Å². The second-order valence-corrected chi connectivity index (χ2v) is 5.49. The number of nitrogens with two attached hydrogens (primary N) is 1. The van der Waals surface area contributed by atoms with Crippen LogP contribution in [0.1, 0.15) is 19.4 Å². The molecule has 2 aromatic carbocycles. The second kappa shape index (κ2) is 7.25. The minimum Gasteiger partial charge on any atom is -0.387 e. The van der Waals surface area contributed by atoms with Gasteiger partial charge in [0.2, 0.25) is 0 Å². The molecule has 0 atom stereocenters. The Hall–Kier alpha value is -2.69. The summed E-state index contributed by atoms with van der Waals surface area (Å²) in [6.07, 6.45) is 2.26. The summed E-state index contributed by atoms with van der Waals surface area (Å²) in [5.41, 5.74) is 7.08. The van der Waals surface area contributed by atoms with Gasteiger partial charge in [-0.15, -0.1) is 0 Å². The standard InChI is InChI=1S/C19H21F2N3/c1-5-13-8-14(9-15(11(13)2)10-24-12(3)22)18-16(20)6-7-17(23-4)19(18)21/h6-10,23H,2,5H2,1,3-4H3,(H2,22,24)/b15-10-. The molecule has 0 radical (unpaired) electrons. The molecule has 0 saturated carbocycles. The topological polar surface area (TPSA) is 50.4 Å². The van der Waals surface area contributed by atoms with Gasteiger partial charge in [-0.2, -0.15) is 0 Å². The van der Waals surface area contributed by atoms with Crippen molar-refractivity contribution in [3.63, 3.8) is 0 Å². The highest BCUT2D eigenvalue weighted by atomic mass is 19.1. The molecule has 0 aliphatic heterocycles. The van der Waals surface area contributed by atoms with Gasteiger partial charge >= 0.3 is 0 Å². The first kappa shape index (κ1) is 17.7. The van der Waals surface area contributed by atoms with Crippen LogP contribution >= 0.6 is 0 Å². The van der Waals surface area contributed by atoms with Gasteiger partial charge in [0.25, 0.3) is 0 Å². The number of aryl methyl sites for hydroxylation is 1. The third kappa shape index (κ3) is 3.45. The van der Waals surface area contributed by atoms with Crippen molar-refractivity contribution in [2.75, 3.05) is 12.4 Å². The van der Waals surface area contributed by atoms with E-state index in [2.05, 4.69) is 16.9 Å². The number of amidine groups is 1. The molecule has 0 fully saturated rings. The van der Waals surface area contributed by atoms with E-state index < -0.39 is 11.6 Å². The van der Waals surface area contributed by atoms with Gasteiger partial charge in [-0.05, 0) is 47.9 Å². The first-order valence-corrected chi connectivity index (χ1v) is 7.67. The van der Waals surface area contributed by atoms with Crippen molar-refractivity contribution < 1.29 is 8.78 Å². The summed E-state index contributed by atoms with van der Waals surface area (Å²) in [4.78, 5) is 4.07. The van der Waals surface area contributed by atoms with Crippen LogP contribution in [-0.4, -0.2) is 12.9 Å². The zero-order chi connectivity index (χ0) is 17.9. The van der Waals surface area contributed by atoms with Crippen LogP contribution in [-0.2, 0) is 6.42 Å². The minimum absolute atomic E-state index is 0.0698. The van der Waals surface area contributed by atoms with E-state index in [1.54, 1.807) is 32.3 Å². The molecule has 0 aromatic heterocycles. The molecule has 0 heterocycles. The third-order valence-corrected chi connectivity index (χ3v) is 3.81. The number of halogens is 2. The van der Waals surface area contributed by atoms with Crippen LogP contribution in [0.3, 0.4) is 0 Å². The summed E-state index contributed by atoms with van der Waals surface area (Å²) in [7, 11) is 1.59. The molecule has 0 bridgehead atoms. The molecular weight excluding hydrogens is 308 g/mol. The summed E-state index contributed by atoms with van der Waals surface area (Å²) >= 11 is 0. The van der Waals surface area contributed by atoms with Crippen molar-refractivity contribution in [1.82, 2.24) is 0 Å². The van der Waals surface area contributed by atoms with Crippen LogP contribution in [0.2, 0.25) is 0 Å². The van der Waals surface area contributed by atoms with Crippen LogP contribution < -0.4 is 21.5 Å². The first-order chi connectivity index (χ1) is 11.4. The maximum atomic E-state index is 14.6. The summed E-state index contributed by atoms with van der Waals surface area (Å²) in [6, 6.07) is 6.06. The highest BCUT2D eigenvalue weighted by Crippen LogP contribution is 2.30. The number of aliphatic imine (C=N–C) groups is 1. The van der Waals surface area contributed by atoms with E-state index in [1.807, 2.05) is 6.92 Å². The number of benzene rings is 2. The van der Waals surface area contributed by atoms with E-state index in [0.717, 1.165) is 10.8 Å². The Morgan fingerprint density at radius 1 is 1.33 bits per heavy atom. The normalized spacial score (nSPS) is 12.5. The van der Waals surface area contributed by atoms with E-state index >= 15 is 0 Å². The van der Waals surface area contributed by atoms with E-state index in [1.165, 1.54) is 12.1 Å². The summed E-state index contributed by atoms with van der Waals surface area (Å²) in [5.74, 6) is -0.844. The van der Waals surface area contributed by atoms with Crippen LogP contribution in [0.25, 0.3) is 23.9 Å². The predicted octanol–water partition coefficient (Wildman–Crippen LogP) is 2.76. The van der Waals surface area contributed by atoms with Gasteiger partial charge in [-0.25, -0.2) is 13.8 Å². The summed E-state index contributed by atoms with van der Waals surface area (Å²) < 4.78 is 28.9. The number of nitrogens with one attached hydrogen (secondary N) is 1. The molecule has 5 heteroatoms. The maximum Gasteiger partial charge on any atom is 0.157 e. The lowest BCUT2D eigenvalue weighted by molar-refractivity contribution is 0.592. The highest BCUT2D eigenvalue weighted by molar-refractivity contribution is 5.80. The second-order valence-electron chi connectivity index (χ2n) is 5.49. The minimum atomic E-state index is -0.624. The van der Waals surface area contributed by atoms with Gasteiger partial charge in [-0.3, -0.25) is 0 Å². The fourth-order valence-electron chi connectivity index (χ4n) is 2.51. The molecule has 2 rings (SSSR count). The number of rotatable bonds is 4. The van der Waals surface area contributed by atoms with Gasteiger partial charge in [-0.1, -0.05) is 19.6 Å². The zero-order valence-electron chi connectivity index (χ0n) is 14.1. The van der Waals surface area contributed by atoms with E-state index in [4.69, 9.17) is 5.73 Å². The lowest BCUT2D eigenvalue weighted by Gasteiger charge is -2.11. The van der Waals surface area contributed by atoms with Gasteiger partial charge in [0.05, 0.1) is 17.1 Å². The lowest BCUT2D eigenvalue weighted by atomic mass is 9.98. The molecular formula is C19H21F2N3. The molecule has 0 aliphatic carbocycles. The van der Waals surface area contributed by atoms with Crippen molar-refractivity contribution >= 4 is 24.3 Å². The van der Waals surface area contributed by atoms with E-state index in [9.17, 15) is 8.78 Å².